The van der Waals surface area contributed by atoms with Crippen LogP contribution >= 0.6 is 0 Å². The van der Waals surface area contributed by atoms with Crippen molar-refractivity contribution in [3.63, 3.8) is 0 Å². The van der Waals surface area contributed by atoms with Gasteiger partial charge in [0.1, 0.15) is 6.54 Å². The van der Waals surface area contributed by atoms with Crippen LogP contribution in [0.15, 0.2) is 12.1 Å². The lowest BCUT2D eigenvalue weighted by Crippen LogP contribution is -2.19. The van der Waals surface area contributed by atoms with Gasteiger partial charge in [-0.25, -0.2) is 0 Å². The predicted molar refractivity (Wildman–Crippen MR) is 74.7 cm³/mol. The Kier molecular flexibility index (Phi) is 5.92. The van der Waals surface area contributed by atoms with Crippen LogP contribution in [0.3, 0.4) is 0 Å². The number of hydrogen-bond acceptors (Lipinski definition) is 6. The van der Waals surface area contributed by atoms with Crippen molar-refractivity contribution in [1.29, 1.82) is 0 Å². The number of anilines is 2. The van der Waals surface area contributed by atoms with Gasteiger partial charge in [0.25, 0.3) is 0 Å². The van der Waals surface area contributed by atoms with Gasteiger partial charge in [0, 0.05) is 12.1 Å². The molecule has 1 rings (SSSR count). The maximum atomic E-state index is 11.3. The highest BCUT2D eigenvalue weighted by atomic mass is 16.5. The van der Waals surface area contributed by atoms with Gasteiger partial charge in [-0.15, -0.1) is 0 Å². The van der Waals surface area contributed by atoms with Crippen LogP contribution in [0.1, 0.15) is 20.8 Å². The van der Waals surface area contributed by atoms with Crippen LogP contribution in [-0.4, -0.2) is 37.3 Å². The summed E-state index contributed by atoms with van der Waals surface area (Å²) < 4.78 is 9.95. The minimum Gasteiger partial charge on any atom is -0.481 e. The molecule has 0 amide bonds. The zero-order chi connectivity index (χ0) is 14.3. The van der Waals surface area contributed by atoms with E-state index in [0.29, 0.717) is 18.3 Å². The Morgan fingerprint density at radius 1 is 1.42 bits per heavy atom. The summed E-state index contributed by atoms with van der Waals surface area (Å²) in [7, 11) is 1.56. The summed E-state index contributed by atoms with van der Waals surface area (Å²) in [6.07, 6.45) is 0. The number of carbonyl (C=O) groups is 1. The summed E-state index contributed by atoms with van der Waals surface area (Å²) in [6.45, 7) is 6.28. The van der Waals surface area contributed by atoms with Crippen LogP contribution in [0, 0.1) is 0 Å². The van der Waals surface area contributed by atoms with E-state index in [1.54, 1.807) is 20.1 Å². The molecule has 0 atom stereocenters. The quantitative estimate of drug-likeness (QED) is 0.735. The number of carbonyl (C=O) groups excluding carboxylic acids is 1. The number of ether oxygens (including phenoxy) is 2. The molecule has 0 aliphatic heterocycles. The topological polar surface area (TPSA) is 72.5 Å². The van der Waals surface area contributed by atoms with Gasteiger partial charge in [-0.3, -0.25) is 4.79 Å². The van der Waals surface area contributed by atoms with Crippen LogP contribution in [0.2, 0.25) is 0 Å². The number of aromatic nitrogens is 1. The Bertz CT molecular complexity index is 422. The van der Waals surface area contributed by atoms with Crippen molar-refractivity contribution in [3.05, 3.63) is 12.1 Å². The normalized spacial score (nSPS) is 10.2. The second kappa shape index (κ2) is 7.45. The average molecular weight is 267 g/mol. The molecule has 6 nitrogen and oxygen atoms in total. The van der Waals surface area contributed by atoms with Crippen LogP contribution < -0.4 is 15.4 Å². The van der Waals surface area contributed by atoms with Crippen molar-refractivity contribution >= 4 is 17.5 Å². The number of pyridine rings is 1. The first-order valence-corrected chi connectivity index (χ1v) is 6.27. The lowest BCUT2D eigenvalue weighted by molar-refractivity contribution is -0.140. The third kappa shape index (κ3) is 5.03. The molecule has 0 spiro atoms. The van der Waals surface area contributed by atoms with E-state index >= 15 is 0 Å². The highest BCUT2D eigenvalue weighted by Crippen LogP contribution is 2.23. The number of rotatable bonds is 7. The second-order valence-electron chi connectivity index (χ2n) is 4.21. The molecule has 0 saturated carbocycles. The van der Waals surface area contributed by atoms with Crippen molar-refractivity contribution in [3.8, 4) is 5.88 Å². The molecule has 0 saturated heterocycles. The molecular formula is C13H21N3O3. The maximum absolute atomic E-state index is 11.3. The summed E-state index contributed by atoms with van der Waals surface area (Å²) in [4.78, 5) is 15.6. The summed E-state index contributed by atoms with van der Waals surface area (Å²) >= 11 is 0. The summed E-state index contributed by atoms with van der Waals surface area (Å²) in [5, 5.41) is 6.20. The third-order valence-electron chi connectivity index (χ3n) is 2.23. The molecule has 0 unspecified atom stereocenters. The molecule has 0 radical (unpaired) electrons. The number of methoxy groups -OCH3 is 1. The van der Waals surface area contributed by atoms with Crippen LogP contribution in [0.5, 0.6) is 5.88 Å². The molecule has 1 aromatic rings. The Morgan fingerprint density at radius 2 is 2.16 bits per heavy atom. The van der Waals surface area contributed by atoms with E-state index in [2.05, 4.69) is 15.6 Å². The van der Waals surface area contributed by atoms with Gasteiger partial charge in [-0.05, 0) is 26.8 Å². The fourth-order valence-corrected chi connectivity index (χ4v) is 1.46. The number of esters is 1. The van der Waals surface area contributed by atoms with Crippen molar-refractivity contribution < 1.29 is 14.3 Å². The van der Waals surface area contributed by atoms with E-state index in [1.807, 2.05) is 19.9 Å². The molecular weight excluding hydrogens is 246 g/mol. The maximum Gasteiger partial charge on any atom is 0.325 e. The van der Waals surface area contributed by atoms with Crippen molar-refractivity contribution in [2.75, 3.05) is 30.9 Å². The molecule has 0 aromatic carbocycles. The Balaban J connectivity index is 2.77. The third-order valence-corrected chi connectivity index (χ3v) is 2.23. The van der Waals surface area contributed by atoms with Crippen LogP contribution in [0.25, 0.3) is 0 Å². The fraction of sp³-hybridized carbons (Fsp3) is 0.538. The zero-order valence-electron chi connectivity index (χ0n) is 11.8. The number of nitrogens with zero attached hydrogens (tertiary/aromatic N) is 1. The minimum absolute atomic E-state index is 0.106. The van der Waals surface area contributed by atoms with Gasteiger partial charge in [0.15, 0.2) is 5.82 Å². The van der Waals surface area contributed by atoms with Crippen LogP contribution in [0.4, 0.5) is 11.5 Å². The molecule has 106 valence electrons. The predicted octanol–water partition coefficient (Wildman–Crippen LogP) is 1.89. The van der Waals surface area contributed by atoms with Crippen molar-refractivity contribution in [2.24, 2.45) is 0 Å². The highest BCUT2D eigenvalue weighted by molar-refractivity contribution is 5.77. The first-order chi connectivity index (χ1) is 9.06. The molecule has 1 aromatic heterocycles. The van der Waals surface area contributed by atoms with Gasteiger partial charge >= 0.3 is 5.97 Å². The summed E-state index contributed by atoms with van der Waals surface area (Å²) in [5.41, 5.74) is 0.738. The molecule has 6 heteroatoms. The number of hydrogen-bond donors (Lipinski definition) is 2. The second-order valence-corrected chi connectivity index (χ2v) is 4.21. The molecule has 0 aliphatic rings. The molecule has 0 fully saturated rings. The fourth-order valence-electron chi connectivity index (χ4n) is 1.46. The molecule has 2 N–H and O–H groups in total. The SMILES string of the molecule is CCOC(=O)CNc1ccc(OC)nc1NC(C)C. The standard InChI is InChI=1S/C13H21N3O3/c1-5-19-12(17)8-14-10-6-7-11(18-4)16-13(10)15-9(2)3/h6-7,9,14H,5,8H2,1-4H3,(H,15,16). The van der Waals surface area contributed by atoms with E-state index in [9.17, 15) is 4.79 Å². The monoisotopic (exact) mass is 267 g/mol. The lowest BCUT2D eigenvalue weighted by Gasteiger charge is -2.15. The molecule has 19 heavy (non-hydrogen) atoms. The smallest absolute Gasteiger partial charge is 0.325 e. The Morgan fingerprint density at radius 3 is 2.74 bits per heavy atom. The van der Waals surface area contributed by atoms with E-state index in [4.69, 9.17) is 9.47 Å². The molecule has 0 aliphatic carbocycles. The number of nitrogens with one attached hydrogen (secondary N) is 2. The van der Waals surface area contributed by atoms with E-state index in [0.717, 1.165) is 5.69 Å². The highest BCUT2D eigenvalue weighted by Gasteiger charge is 2.09. The largest absolute Gasteiger partial charge is 0.481 e. The van der Waals surface area contributed by atoms with Gasteiger partial charge in [-0.1, -0.05) is 0 Å². The average Bonchev–Trinajstić information content (AvgIpc) is 2.36. The van der Waals surface area contributed by atoms with E-state index in [1.165, 1.54) is 0 Å². The van der Waals surface area contributed by atoms with E-state index < -0.39 is 0 Å². The van der Waals surface area contributed by atoms with Crippen molar-refractivity contribution in [2.45, 2.75) is 26.8 Å². The lowest BCUT2D eigenvalue weighted by atomic mass is 10.3. The molecule has 0 bridgehead atoms. The first-order valence-electron chi connectivity index (χ1n) is 6.27. The van der Waals surface area contributed by atoms with Gasteiger partial charge in [-0.2, -0.15) is 4.98 Å². The van der Waals surface area contributed by atoms with Gasteiger partial charge in [0.2, 0.25) is 5.88 Å². The Hall–Kier alpha value is -1.98. The molecule has 1 heterocycles. The van der Waals surface area contributed by atoms with E-state index in [-0.39, 0.29) is 18.6 Å². The zero-order valence-corrected chi connectivity index (χ0v) is 11.8. The minimum atomic E-state index is -0.297. The van der Waals surface area contributed by atoms with Crippen LogP contribution in [-0.2, 0) is 9.53 Å². The first kappa shape index (κ1) is 15.1. The van der Waals surface area contributed by atoms with Gasteiger partial charge < -0.3 is 20.1 Å². The van der Waals surface area contributed by atoms with Gasteiger partial charge in [0.05, 0.1) is 19.4 Å². The summed E-state index contributed by atoms with van der Waals surface area (Å²) in [5.74, 6) is 0.872. The van der Waals surface area contributed by atoms with Crippen molar-refractivity contribution in [1.82, 2.24) is 4.98 Å². The summed E-state index contributed by atoms with van der Waals surface area (Å²) in [6, 6.07) is 3.78. The Labute approximate surface area is 113 Å².